The topological polar surface area (TPSA) is 94.9 Å². The lowest BCUT2D eigenvalue weighted by Gasteiger charge is -2.48. The molecule has 0 saturated heterocycles. The predicted molar refractivity (Wildman–Crippen MR) is 112 cm³/mol. The predicted octanol–water partition coefficient (Wildman–Crippen LogP) is 3.95. The van der Waals surface area contributed by atoms with E-state index >= 15 is 0 Å². The van der Waals surface area contributed by atoms with Crippen LogP contribution in [0.3, 0.4) is 0 Å². The number of rotatable bonds is 3. The smallest absolute Gasteiger partial charge is 0.335 e. The molecule has 29 heavy (non-hydrogen) atoms. The van der Waals surface area contributed by atoms with Crippen LogP contribution < -0.4 is 0 Å². The molecular weight excluding hydrogens is 390 g/mol. The summed E-state index contributed by atoms with van der Waals surface area (Å²) in [5.41, 5.74) is 2.75. The maximum absolute atomic E-state index is 12.3. The Kier molecular flexibility index (Phi) is 6.41. The minimum atomic E-state index is -3.93. The number of carbonyl (C=O) groups excluding carboxylic acids is 1. The Morgan fingerprint density at radius 3 is 2.41 bits per heavy atom. The summed E-state index contributed by atoms with van der Waals surface area (Å²) < 4.78 is 29.9. The second kappa shape index (κ2) is 8.36. The van der Waals surface area contributed by atoms with E-state index in [1.807, 2.05) is 12.1 Å². The molecule has 2 fully saturated rings. The molecule has 3 aliphatic rings. The quantitative estimate of drug-likeness (QED) is 0.718. The van der Waals surface area contributed by atoms with Crippen molar-refractivity contribution in [2.45, 2.75) is 65.2 Å². The van der Waals surface area contributed by atoms with Crippen LogP contribution >= 0.6 is 0 Å². The Labute approximate surface area is 174 Å². The normalized spacial score (nSPS) is 30.8. The molecule has 4 rings (SSSR count). The zero-order valence-electron chi connectivity index (χ0n) is 17.6. The number of nitrogens with zero attached hydrogens (tertiary/aromatic N) is 1. The van der Waals surface area contributed by atoms with Gasteiger partial charge in [-0.2, -0.15) is 12.7 Å². The lowest BCUT2D eigenvalue weighted by molar-refractivity contribution is -0.129. The van der Waals surface area contributed by atoms with Gasteiger partial charge < -0.3 is 5.11 Å². The van der Waals surface area contributed by atoms with Gasteiger partial charge in [-0.25, -0.2) is 0 Å². The Bertz CT molecular complexity index is 864. The average Bonchev–Trinajstić information content (AvgIpc) is 2.96. The van der Waals surface area contributed by atoms with Crippen molar-refractivity contribution in [1.29, 1.82) is 0 Å². The van der Waals surface area contributed by atoms with E-state index in [0.29, 0.717) is 42.4 Å². The van der Waals surface area contributed by atoms with Crippen LogP contribution in [-0.2, 0) is 21.5 Å². The van der Waals surface area contributed by atoms with Crippen LogP contribution in [0.15, 0.2) is 18.2 Å². The van der Waals surface area contributed by atoms with Crippen LogP contribution in [0.5, 0.6) is 5.75 Å². The summed E-state index contributed by atoms with van der Waals surface area (Å²) in [6.07, 6.45) is 6.34. The number of hydrogen-bond acceptors (Lipinski definition) is 4. The lowest BCUT2D eigenvalue weighted by Crippen LogP contribution is -2.42. The van der Waals surface area contributed by atoms with Gasteiger partial charge in [-0.1, -0.05) is 26.8 Å². The van der Waals surface area contributed by atoms with Gasteiger partial charge in [0.05, 0.1) is 0 Å². The summed E-state index contributed by atoms with van der Waals surface area (Å²) in [4.78, 5) is 12.3. The number of phenolic OH excluding ortho intramolecular Hbond substituents is 1. The van der Waals surface area contributed by atoms with E-state index in [1.54, 1.807) is 13.8 Å². The minimum absolute atomic E-state index is 0.0322. The fourth-order valence-electron chi connectivity index (χ4n) is 5.89. The fourth-order valence-corrected chi connectivity index (χ4v) is 6.54. The molecule has 0 bridgehead atoms. The highest BCUT2D eigenvalue weighted by molar-refractivity contribution is 7.83. The highest BCUT2D eigenvalue weighted by Gasteiger charge is 2.54. The van der Waals surface area contributed by atoms with E-state index in [0.717, 1.165) is 36.4 Å². The maximum atomic E-state index is 12.3. The van der Waals surface area contributed by atoms with Gasteiger partial charge in [0.15, 0.2) is 0 Å². The van der Waals surface area contributed by atoms with Gasteiger partial charge in [-0.3, -0.25) is 9.35 Å². The van der Waals surface area contributed by atoms with Crippen molar-refractivity contribution in [1.82, 2.24) is 4.31 Å². The molecule has 4 atom stereocenters. The summed E-state index contributed by atoms with van der Waals surface area (Å²) in [6.45, 7) is 6.18. The number of benzene rings is 1. The van der Waals surface area contributed by atoms with Gasteiger partial charge in [-0.15, -0.1) is 0 Å². The zero-order valence-corrected chi connectivity index (χ0v) is 18.4. The maximum Gasteiger partial charge on any atom is 0.335 e. The van der Waals surface area contributed by atoms with Gasteiger partial charge in [0.2, 0.25) is 0 Å². The number of carbonyl (C=O) groups is 1. The molecule has 162 valence electrons. The fraction of sp³-hybridized carbons (Fsp3) is 0.682. The summed E-state index contributed by atoms with van der Waals surface area (Å²) >= 11 is 0. The van der Waals surface area contributed by atoms with Crippen LogP contribution in [-0.4, -0.2) is 41.3 Å². The van der Waals surface area contributed by atoms with Gasteiger partial charge in [0.25, 0.3) is 0 Å². The van der Waals surface area contributed by atoms with Crippen LogP contribution in [0.25, 0.3) is 0 Å². The standard InChI is InChI=1S/C18H22O2.C4H11NO3S/c1-18-9-8-14-13-5-3-12(19)10-11(13)2-4-15(14)16(18)6-7-17(18)20;1-3-5(4-2)9(6,7)8/h3,5,10,14-16,19H,2,4,6-9H2,1H3;3-4H2,1-2H3,(H,6,7,8)/t14-,15-,16+,18+;/m1./s1. The molecule has 6 nitrogen and oxygen atoms in total. The molecule has 0 aliphatic heterocycles. The third kappa shape index (κ3) is 4.23. The highest BCUT2D eigenvalue weighted by atomic mass is 32.2. The molecule has 2 N–H and O–H groups in total. The van der Waals surface area contributed by atoms with Gasteiger partial charge in [0.1, 0.15) is 11.5 Å². The third-order valence-electron chi connectivity index (χ3n) is 7.45. The van der Waals surface area contributed by atoms with E-state index in [2.05, 4.69) is 13.0 Å². The Balaban J connectivity index is 0.000000229. The first-order valence-corrected chi connectivity index (χ1v) is 12.1. The molecule has 0 unspecified atom stereocenters. The van der Waals surface area contributed by atoms with Crippen molar-refractivity contribution in [3.05, 3.63) is 29.3 Å². The van der Waals surface area contributed by atoms with E-state index in [4.69, 9.17) is 4.55 Å². The van der Waals surface area contributed by atoms with Gasteiger partial charge in [-0.05, 0) is 73.1 Å². The summed E-state index contributed by atoms with van der Waals surface area (Å²) in [6, 6.07) is 5.90. The molecule has 0 amide bonds. The largest absolute Gasteiger partial charge is 0.508 e. The first kappa shape index (κ1) is 22.2. The number of aromatic hydroxyl groups is 1. The van der Waals surface area contributed by atoms with Crippen molar-refractivity contribution >= 4 is 16.1 Å². The van der Waals surface area contributed by atoms with E-state index in [1.165, 1.54) is 17.5 Å². The number of aryl methyl sites for hydroxylation is 1. The number of ketones is 1. The molecule has 1 aromatic rings. The zero-order chi connectivity index (χ0) is 21.4. The summed E-state index contributed by atoms with van der Waals surface area (Å²) in [5.74, 6) is 2.78. The molecule has 1 aromatic carbocycles. The first-order valence-electron chi connectivity index (χ1n) is 10.7. The molecule has 7 heteroatoms. The Morgan fingerprint density at radius 2 is 1.83 bits per heavy atom. The van der Waals surface area contributed by atoms with E-state index in [9.17, 15) is 18.3 Å². The van der Waals surface area contributed by atoms with Crippen molar-refractivity contribution in [3.63, 3.8) is 0 Å². The van der Waals surface area contributed by atoms with Crippen LogP contribution in [0.4, 0.5) is 0 Å². The van der Waals surface area contributed by atoms with Gasteiger partial charge >= 0.3 is 10.3 Å². The van der Waals surface area contributed by atoms with E-state index in [-0.39, 0.29) is 5.41 Å². The highest BCUT2D eigenvalue weighted by Crippen LogP contribution is 2.59. The van der Waals surface area contributed by atoms with Crippen LogP contribution in [0, 0.1) is 17.3 Å². The number of hydrogen-bond donors (Lipinski definition) is 2. The number of phenols is 1. The van der Waals surface area contributed by atoms with E-state index < -0.39 is 10.3 Å². The molecule has 0 aromatic heterocycles. The van der Waals surface area contributed by atoms with Crippen molar-refractivity contribution in [3.8, 4) is 5.75 Å². The van der Waals surface area contributed by atoms with Crippen molar-refractivity contribution in [2.24, 2.45) is 17.3 Å². The molecule has 3 aliphatic carbocycles. The van der Waals surface area contributed by atoms with Crippen molar-refractivity contribution in [2.75, 3.05) is 13.1 Å². The Morgan fingerprint density at radius 1 is 1.14 bits per heavy atom. The van der Waals surface area contributed by atoms with Crippen LogP contribution in [0.2, 0.25) is 0 Å². The third-order valence-corrected chi connectivity index (χ3v) is 8.62. The molecular formula is C22H33NO5S. The summed E-state index contributed by atoms with van der Waals surface area (Å²) in [5, 5.41) is 9.67. The molecule has 0 radical (unpaired) electrons. The lowest BCUT2D eigenvalue weighted by atomic mass is 9.55. The second-order valence-electron chi connectivity index (χ2n) is 8.78. The van der Waals surface area contributed by atoms with Gasteiger partial charge in [0, 0.05) is 24.9 Å². The molecule has 0 heterocycles. The monoisotopic (exact) mass is 423 g/mol. The minimum Gasteiger partial charge on any atom is -0.508 e. The van der Waals surface area contributed by atoms with Crippen LogP contribution in [0.1, 0.15) is 69.9 Å². The molecule has 0 spiro atoms. The number of Topliss-reactive ketones (excluding diaryl/α,β-unsaturated/α-hetero) is 1. The summed E-state index contributed by atoms with van der Waals surface area (Å²) in [7, 11) is -3.93. The average molecular weight is 424 g/mol. The first-order chi connectivity index (χ1) is 13.6. The van der Waals surface area contributed by atoms with Crippen molar-refractivity contribution < 1.29 is 22.9 Å². The number of fused-ring (bicyclic) bond motifs is 5. The Hall–Kier alpha value is -1.44. The molecule has 2 saturated carbocycles. The second-order valence-corrected chi connectivity index (χ2v) is 10.2. The SMILES string of the molecule is CCN(CC)S(=O)(=O)O.C[C@]12CC[C@@H]3c4ccc(O)cc4CC[C@H]3[C@@H]1CCC2=O.